The van der Waals surface area contributed by atoms with Crippen molar-refractivity contribution in [2.24, 2.45) is 0 Å². The van der Waals surface area contributed by atoms with Crippen LogP contribution in [0.2, 0.25) is 0 Å². The standard InChI is InChI=1S/C16H15BrOS/c17-15-10-4-9-14(12-15)16(18)19-11-5-8-13-6-2-1-3-7-13/h1-4,6-7,9-10,12H,5,8,11H2. The van der Waals surface area contributed by atoms with E-state index in [1.54, 1.807) is 0 Å². The number of hydrogen-bond acceptors (Lipinski definition) is 2. The molecule has 2 rings (SSSR count). The summed E-state index contributed by atoms with van der Waals surface area (Å²) >= 11 is 4.78. The molecule has 98 valence electrons. The third kappa shape index (κ3) is 4.84. The Morgan fingerprint density at radius 3 is 2.58 bits per heavy atom. The van der Waals surface area contributed by atoms with E-state index in [-0.39, 0.29) is 5.12 Å². The Morgan fingerprint density at radius 2 is 1.84 bits per heavy atom. The summed E-state index contributed by atoms with van der Waals surface area (Å²) in [6, 6.07) is 17.9. The number of halogens is 1. The molecule has 0 amide bonds. The summed E-state index contributed by atoms with van der Waals surface area (Å²) in [5.41, 5.74) is 2.09. The summed E-state index contributed by atoms with van der Waals surface area (Å²) in [7, 11) is 0. The molecule has 0 saturated carbocycles. The largest absolute Gasteiger partial charge is 0.282 e. The smallest absolute Gasteiger partial charge is 0.219 e. The Bertz CT molecular complexity index is 539. The van der Waals surface area contributed by atoms with E-state index in [4.69, 9.17) is 0 Å². The molecule has 0 unspecified atom stereocenters. The Morgan fingerprint density at radius 1 is 1.05 bits per heavy atom. The summed E-state index contributed by atoms with van der Waals surface area (Å²) in [6.45, 7) is 0. The summed E-state index contributed by atoms with van der Waals surface area (Å²) in [6.07, 6.45) is 2.05. The fourth-order valence-electron chi connectivity index (χ4n) is 1.78. The number of carbonyl (C=O) groups excluding carboxylic acids is 1. The van der Waals surface area contributed by atoms with E-state index >= 15 is 0 Å². The highest BCUT2D eigenvalue weighted by atomic mass is 79.9. The number of hydrogen-bond donors (Lipinski definition) is 0. The lowest BCUT2D eigenvalue weighted by atomic mass is 10.1. The second-order valence-electron chi connectivity index (χ2n) is 4.24. The molecule has 0 radical (unpaired) electrons. The predicted molar refractivity (Wildman–Crippen MR) is 85.7 cm³/mol. The summed E-state index contributed by atoms with van der Waals surface area (Å²) in [4.78, 5) is 12.0. The monoisotopic (exact) mass is 334 g/mol. The molecule has 0 aliphatic carbocycles. The van der Waals surface area contributed by atoms with Gasteiger partial charge in [-0.15, -0.1) is 0 Å². The lowest BCUT2D eigenvalue weighted by molar-refractivity contribution is 0.108. The maximum atomic E-state index is 12.0. The average Bonchev–Trinajstić information content (AvgIpc) is 2.44. The van der Waals surface area contributed by atoms with Gasteiger partial charge in [-0.2, -0.15) is 0 Å². The first-order chi connectivity index (χ1) is 9.25. The van der Waals surface area contributed by atoms with Crippen molar-refractivity contribution in [2.45, 2.75) is 12.8 Å². The van der Waals surface area contributed by atoms with Crippen LogP contribution in [0.15, 0.2) is 59.1 Å². The third-order valence-electron chi connectivity index (χ3n) is 2.75. The van der Waals surface area contributed by atoms with Gasteiger partial charge in [-0.1, -0.05) is 70.2 Å². The van der Waals surface area contributed by atoms with Gasteiger partial charge in [0.05, 0.1) is 0 Å². The molecule has 0 heterocycles. The zero-order chi connectivity index (χ0) is 13.5. The molecule has 19 heavy (non-hydrogen) atoms. The minimum Gasteiger partial charge on any atom is -0.282 e. The third-order valence-corrected chi connectivity index (χ3v) is 4.23. The topological polar surface area (TPSA) is 17.1 Å². The second-order valence-corrected chi connectivity index (χ2v) is 6.22. The van der Waals surface area contributed by atoms with Gasteiger partial charge in [-0.3, -0.25) is 4.79 Å². The van der Waals surface area contributed by atoms with Crippen LogP contribution < -0.4 is 0 Å². The highest BCUT2D eigenvalue weighted by Crippen LogP contribution is 2.18. The summed E-state index contributed by atoms with van der Waals surface area (Å²) in [5.74, 6) is 0.861. The molecule has 0 aromatic heterocycles. The van der Waals surface area contributed by atoms with Crippen molar-refractivity contribution in [2.75, 3.05) is 5.75 Å². The van der Waals surface area contributed by atoms with Crippen LogP contribution in [0.25, 0.3) is 0 Å². The van der Waals surface area contributed by atoms with Crippen molar-refractivity contribution >= 4 is 32.8 Å². The van der Waals surface area contributed by atoms with Gasteiger partial charge >= 0.3 is 0 Å². The van der Waals surface area contributed by atoms with Crippen molar-refractivity contribution in [1.82, 2.24) is 0 Å². The molecule has 2 aromatic rings. The average molecular weight is 335 g/mol. The van der Waals surface area contributed by atoms with Crippen LogP contribution in [0.1, 0.15) is 22.3 Å². The first kappa shape index (κ1) is 14.4. The number of carbonyl (C=O) groups is 1. The summed E-state index contributed by atoms with van der Waals surface area (Å²) < 4.78 is 0.947. The quantitative estimate of drug-likeness (QED) is 0.719. The molecular weight excluding hydrogens is 320 g/mol. The molecule has 3 heteroatoms. The number of aryl methyl sites for hydroxylation is 1. The van der Waals surface area contributed by atoms with E-state index in [2.05, 4.69) is 40.2 Å². The van der Waals surface area contributed by atoms with Crippen molar-refractivity contribution < 1.29 is 4.79 Å². The Kier molecular flexibility index (Phi) is 5.67. The number of benzene rings is 2. The van der Waals surface area contributed by atoms with Crippen LogP contribution in [-0.4, -0.2) is 10.9 Å². The minimum absolute atomic E-state index is 0.148. The molecule has 0 bridgehead atoms. The van der Waals surface area contributed by atoms with Crippen LogP contribution in [0.5, 0.6) is 0 Å². The van der Waals surface area contributed by atoms with E-state index in [1.165, 1.54) is 17.3 Å². The highest BCUT2D eigenvalue weighted by molar-refractivity contribution is 9.10. The lowest BCUT2D eigenvalue weighted by Crippen LogP contribution is -1.96. The summed E-state index contributed by atoms with van der Waals surface area (Å²) in [5, 5.41) is 0.148. The first-order valence-corrected chi connectivity index (χ1v) is 8.00. The van der Waals surface area contributed by atoms with Crippen LogP contribution in [-0.2, 0) is 6.42 Å². The van der Waals surface area contributed by atoms with Gasteiger partial charge < -0.3 is 0 Å². The Labute approximate surface area is 126 Å². The van der Waals surface area contributed by atoms with Gasteiger partial charge in [-0.05, 0) is 30.5 Å². The zero-order valence-electron chi connectivity index (χ0n) is 10.5. The SMILES string of the molecule is O=C(SCCCc1ccccc1)c1cccc(Br)c1. The second kappa shape index (κ2) is 7.51. The van der Waals surface area contributed by atoms with E-state index in [0.29, 0.717) is 0 Å². The van der Waals surface area contributed by atoms with E-state index in [1.807, 2.05) is 30.3 Å². The Hall–Kier alpha value is -1.06. The van der Waals surface area contributed by atoms with E-state index in [9.17, 15) is 4.79 Å². The van der Waals surface area contributed by atoms with Crippen LogP contribution in [0.4, 0.5) is 0 Å². The van der Waals surface area contributed by atoms with Crippen molar-refractivity contribution in [3.63, 3.8) is 0 Å². The van der Waals surface area contributed by atoms with Crippen molar-refractivity contribution in [1.29, 1.82) is 0 Å². The first-order valence-electron chi connectivity index (χ1n) is 6.22. The fourth-order valence-corrected chi connectivity index (χ4v) is 2.95. The molecule has 0 atom stereocenters. The molecule has 2 aromatic carbocycles. The molecule has 0 saturated heterocycles. The number of thioether (sulfide) groups is 1. The van der Waals surface area contributed by atoms with Gasteiger partial charge in [0.15, 0.2) is 0 Å². The zero-order valence-corrected chi connectivity index (χ0v) is 12.9. The lowest BCUT2D eigenvalue weighted by Gasteiger charge is -2.02. The minimum atomic E-state index is 0.148. The molecule has 0 N–H and O–H groups in total. The molecule has 1 nitrogen and oxygen atoms in total. The van der Waals surface area contributed by atoms with Gasteiger partial charge in [0.1, 0.15) is 0 Å². The maximum Gasteiger partial charge on any atom is 0.219 e. The molecule has 0 aliphatic heterocycles. The van der Waals surface area contributed by atoms with Gasteiger partial charge in [-0.25, -0.2) is 0 Å². The normalized spacial score (nSPS) is 10.4. The van der Waals surface area contributed by atoms with Crippen molar-refractivity contribution in [3.8, 4) is 0 Å². The molecule has 0 spiro atoms. The maximum absolute atomic E-state index is 12.0. The van der Waals surface area contributed by atoms with Crippen LogP contribution in [0, 0.1) is 0 Å². The van der Waals surface area contributed by atoms with Gasteiger partial charge in [0, 0.05) is 15.8 Å². The molecule has 0 aliphatic rings. The highest BCUT2D eigenvalue weighted by Gasteiger charge is 2.06. The van der Waals surface area contributed by atoms with Crippen LogP contribution in [0.3, 0.4) is 0 Å². The fraction of sp³-hybridized carbons (Fsp3) is 0.188. The predicted octanol–water partition coefficient (Wildman–Crippen LogP) is 4.96. The Balaban J connectivity index is 1.75. The molecule has 0 fully saturated rings. The molecular formula is C16H15BrOS. The number of rotatable bonds is 5. The van der Waals surface area contributed by atoms with E-state index in [0.717, 1.165) is 28.6 Å². The van der Waals surface area contributed by atoms with Gasteiger partial charge in [0.2, 0.25) is 5.12 Å². The van der Waals surface area contributed by atoms with Crippen LogP contribution >= 0.6 is 27.7 Å². The van der Waals surface area contributed by atoms with Crippen molar-refractivity contribution in [3.05, 3.63) is 70.2 Å². The van der Waals surface area contributed by atoms with Gasteiger partial charge in [0.25, 0.3) is 0 Å². The van der Waals surface area contributed by atoms with E-state index < -0.39 is 0 Å².